The quantitative estimate of drug-likeness (QED) is 0.609. The summed E-state index contributed by atoms with van der Waals surface area (Å²) >= 11 is 0. The lowest BCUT2D eigenvalue weighted by Crippen LogP contribution is -2.47. The number of rotatable bonds is 7. The molecule has 1 saturated carbocycles. The molecule has 31 heavy (non-hydrogen) atoms. The maximum Gasteiger partial charge on any atom is 0.251 e. The average molecular weight is 422 g/mol. The van der Waals surface area contributed by atoms with Crippen molar-refractivity contribution in [2.75, 3.05) is 5.32 Å². The van der Waals surface area contributed by atoms with Crippen LogP contribution in [0, 0.1) is 11.7 Å². The van der Waals surface area contributed by atoms with Crippen molar-refractivity contribution in [2.45, 2.75) is 38.8 Å². The van der Waals surface area contributed by atoms with Gasteiger partial charge in [-0.15, -0.1) is 5.10 Å². The van der Waals surface area contributed by atoms with Gasteiger partial charge >= 0.3 is 0 Å². The zero-order valence-corrected chi connectivity index (χ0v) is 17.2. The number of hydrogen-bond acceptors (Lipinski definition) is 5. The van der Waals surface area contributed by atoms with Gasteiger partial charge in [0.05, 0.1) is 6.04 Å². The van der Waals surface area contributed by atoms with E-state index in [2.05, 4.69) is 26.2 Å². The molecule has 2 N–H and O–H groups in total. The Kier molecular flexibility index (Phi) is 5.75. The summed E-state index contributed by atoms with van der Waals surface area (Å²) in [5, 5.41) is 17.6. The number of amides is 2. The smallest absolute Gasteiger partial charge is 0.251 e. The second-order valence-electron chi connectivity index (χ2n) is 7.95. The van der Waals surface area contributed by atoms with Crippen molar-refractivity contribution < 1.29 is 14.0 Å². The largest absolute Gasteiger partial charge is 0.340 e. The summed E-state index contributed by atoms with van der Waals surface area (Å²) < 4.78 is 14.9. The first-order valence-electron chi connectivity index (χ1n) is 10.2. The van der Waals surface area contributed by atoms with E-state index in [0.717, 1.165) is 18.4 Å². The van der Waals surface area contributed by atoms with Crippen molar-refractivity contribution in [2.24, 2.45) is 5.92 Å². The summed E-state index contributed by atoms with van der Waals surface area (Å²) in [6.45, 7) is 3.69. The standard InChI is InChI=1S/C22H23FN6O2/c1-13(2)19(25-21(30)14-6-8-16(23)9-7-14)22(31)24-17-5-3-4-15(12-17)20-26-27-28-29(20)18-10-11-18/h3-9,12-13,18-19H,10-11H2,1-2H3,(H,24,31)(H,25,30)/t19-/m0/s1. The highest BCUT2D eigenvalue weighted by molar-refractivity contribution is 6.01. The van der Waals surface area contributed by atoms with Crippen molar-refractivity contribution in [3.05, 3.63) is 59.9 Å². The molecule has 1 atom stereocenters. The first-order chi connectivity index (χ1) is 14.9. The molecule has 0 unspecified atom stereocenters. The van der Waals surface area contributed by atoms with Crippen molar-refractivity contribution in [1.29, 1.82) is 0 Å². The molecular weight excluding hydrogens is 399 g/mol. The first kappa shape index (κ1) is 20.6. The van der Waals surface area contributed by atoms with Gasteiger partial charge in [-0.2, -0.15) is 0 Å². The fourth-order valence-electron chi connectivity index (χ4n) is 3.27. The molecular formula is C22H23FN6O2. The van der Waals surface area contributed by atoms with E-state index in [1.165, 1.54) is 24.3 Å². The van der Waals surface area contributed by atoms with E-state index in [-0.39, 0.29) is 17.4 Å². The molecule has 1 heterocycles. The number of nitrogens with one attached hydrogen (secondary N) is 2. The Balaban J connectivity index is 1.48. The predicted octanol–water partition coefficient (Wildman–Crippen LogP) is 3.21. The second kappa shape index (κ2) is 8.63. The molecule has 1 aliphatic rings. The SMILES string of the molecule is CC(C)[C@H](NC(=O)c1ccc(F)cc1)C(=O)Nc1cccc(-c2nnnn2C2CC2)c1. The Hall–Kier alpha value is -3.62. The molecule has 0 aliphatic heterocycles. The molecule has 3 aromatic rings. The van der Waals surface area contributed by atoms with Gasteiger partial charge in [-0.3, -0.25) is 9.59 Å². The van der Waals surface area contributed by atoms with Crippen LogP contribution in [0.15, 0.2) is 48.5 Å². The van der Waals surface area contributed by atoms with Crippen molar-refractivity contribution in [1.82, 2.24) is 25.5 Å². The summed E-state index contributed by atoms with van der Waals surface area (Å²) in [4.78, 5) is 25.4. The van der Waals surface area contributed by atoms with Crippen LogP contribution in [0.25, 0.3) is 11.4 Å². The number of hydrogen-bond donors (Lipinski definition) is 2. The summed E-state index contributed by atoms with van der Waals surface area (Å²) in [5.74, 6) is -0.712. The monoisotopic (exact) mass is 422 g/mol. The third-order valence-corrected chi connectivity index (χ3v) is 5.12. The number of anilines is 1. The maximum atomic E-state index is 13.1. The average Bonchev–Trinajstić information content (AvgIpc) is 3.48. The Morgan fingerprint density at radius 2 is 1.87 bits per heavy atom. The van der Waals surface area contributed by atoms with Crippen LogP contribution in [-0.2, 0) is 4.79 Å². The maximum absolute atomic E-state index is 13.1. The minimum Gasteiger partial charge on any atom is -0.340 e. The summed E-state index contributed by atoms with van der Waals surface area (Å²) in [5.41, 5.74) is 1.66. The van der Waals surface area contributed by atoms with Crippen molar-refractivity contribution >= 4 is 17.5 Å². The third kappa shape index (κ3) is 4.76. The third-order valence-electron chi connectivity index (χ3n) is 5.12. The van der Waals surface area contributed by atoms with Gasteiger partial charge in [-0.25, -0.2) is 9.07 Å². The predicted molar refractivity (Wildman–Crippen MR) is 113 cm³/mol. The Labute approximate surface area is 178 Å². The zero-order chi connectivity index (χ0) is 22.0. The Morgan fingerprint density at radius 1 is 1.13 bits per heavy atom. The molecule has 0 saturated heterocycles. The van der Waals surface area contributed by atoms with Gasteiger partial charge in [0, 0.05) is 16.8 Å². The second-order valence-corrected chi connectivity index (χ2v) is 7.95. The number of aromatic nitrogens is 4. The van der Waals surface area contributed by atoms with Crippen molar-refractivity contribution in [3.8, 4) is 11.4 Å². The highest BCUT2D eigenvalue weighted by Gasteiger charge is 2.28. The number of halogens is 1. The van der Waals surface area contributed by atoms with Gasteiger partial charge in [0.1, 0.15) is 11.9 Å². The topological polar surface area (TPSA) is 102 Å². The molecule has 4 rings (SSSR count). The van der Waals surface area contributed by atoms with Crippen molar-refractivity contribution in [3.63, 3.8) is 0 Å². The molecule has 0 bridgehead atoms. The lowest BCUT2D eigenvalue weighted by Gasteiger charge is -2.22. The minimum atomic E-state index is -0.766. The van der Waals surface area contributed by atoms with E-state index in [1.807, 2.05) is 32.0 Å². The highest BCUT2D eigenvalue weighted by atomic mass is 19.1. The number of nitrogens with zero attached hydrogens (tertiary/aromatic N) is 4. The highest BCUT2D eigenvalue weighted by Crippen LogP contribution is 2.36. The van der Waals surface area contributed by atoms with E-state index < -0.39 is 17.8 Å². The number of carbonyl (C=O) groups excluding carboxylic acids is 2. The Morgan fingerprint density at radius 3 is 2.55 bits per heavy atom. The van der Waals surface area contributed by atoms with E-state index in [1.54, 1.807) is 10.7 Å². The molecule has 2 aromatic carbocycles. The van der Waals surface area contributed by atoms with Crippen LogP contribution in [0.4, 0.5) is 10.1 Å². The zero-order valence-electron chi connectivity index (χ0n) is 17.2. The van der Waals surface area contributed by atoms with Gasteiger partial charge in [0.15, 0.2) is 5.82 Å². The Bertz CT molecular complexity index is 1090. The lowest BCUT2D eigenvalue weighted by atomic mass is 10.0. The van der Waals surface area contributed by atoms with Crippen LogP contribution in [0.1, 0.15) is 43.1 Å². The van der Waals surface area contributed by atoms with E-state index >= 15 is 0 Å². The van der Waals surface area contributed by atoms with E-state index in [0.29, 0.717) is 17.6 Å². The van der Waals surface area contributed by atoms with Crippen LogP contribution < -0.4 is 10.6 Å². The van der Waals surface area contributed by atoms with E-state index in [4.69, 9.17) is 0 Å². The summed E-state index contributed by atoms with van der Waals surface area (Å²) in [6, 6.07) is 12.0. The molecule has 0 radical (unpaired) electrons. The molecule has 1 fully saturated rings. The molecule has 1 aliphatic carbocycles. The fourth-order valence-corrected chi connectivity index (χ4v) is 3.27. The number of carbonyl (C=O) groups is 2. The van der Waals surface area contributed by atoms with Gasteiger partial charge in [-0.05, 0) is 65.6 Å². The molecule has 1 aromatic heterocycles. The summed E-state index contributed by atoms with van der Waals surface area (Å²) in [6.07, 6.45) is 2.11. The van der Waals surface area contributed by atoms with Crippen LogP contribution in [0.5, 0.6) is 0 Å². The van der Waals surface area contributed by atoms with Gasteiger partial charge in [0.2, 0.25) is 5.91 Å². The fraction of sp³-hybridized carbons (Fsp3) is 0.318. The molecule has 160 valence electrons. The van der Waals surface area contributed by atoms with Gasteiger partial charge in [0.25, 0.3) is 5.91 Å². The van der Waals surface area contributed by atoms with Gasteiger partial charge < -0.3 is 10.6 Å². The van der Waals surface area contributed by atoms with Crippen LogP contribution >= 0.6 is 0 Å². The summed E-state index contributed by atoms with van der Waals surface area (Å²) in [7, 11) is 0. The lowest BCUT2D eigenvalue weighted by molar-refractivity contribution is -0.118. The van der Waals surface area contributed by atoms with Gasteiger partial charge in [-0.1, -0.05) is 26.0 Å². The number of benzene rings is 2. The molecule has 8 nitrogen and oxygen atoms in total. The molecule has 9 heteroatoms. The number of tetrazole rings is 1. The minimum absolute atomic E-state index is 0.158. The normalized spacial score (nSPS) is 14.3. The molecule has 0 spiro atoms. The van der Waals surface area contributed by atoms with Crippen LogP contribution in [0.3, 0.4) is 0 Å². The first-order valence-corrected chi connectivity index (χ1v) is 10.2. The van der Waals surface area contributed by atoms with Crippen LogP contribution in [0.2, 0.25) is 0 Å². The molecule has 2 amide bonds. The van der Waals surface area contributed by atoms with E-state index in [9.17, 15) is 14.0 Å². The van der Waals surface area contributed by atoms with Crippen LogP contribution in [-0.4, -0.2) is 38.1 Å².